The molecule has 2 aromatic rings. The summed E-state index contributed by atoms with van der Waals surface area (Å²) in [5.74, 6) is -5.71. The Kier molecular flexibility index (Phi) is 5.70. The van der Waals surface area contributed by atoms with Crippen molar-refractivity contribution in [2.24, 2.45) is 0 Å². The topological polar surface area (TPSA) is 164 Å². The van der Waals surface area contributed by atoms with Crippen LogP contribution < -0.4 is 0 Å². The number of aromatic nitrogens is 2. The Balaban J connectivity index is 2.06. The molecule has 0 radical (unpaired) electrons. The lowest BCUT2D eigenvalue weighted by atomic mass is 9.88. The quantitative estimate of drug-likeness (QED) is 0.242. The van der Waals surface area contributed by atoms with Crippen LogP contribution in [-0.2, 0) is 4.74 Å². The van der Waals surface area contributed by atoms with Crippen molar-refractivity contribution >= 4 is 29.3 Å². The second-order valence-corrected chi connectivity index (χ2v) is 6.43. The number of carbonyl (C=O) groups is 5. The van der Waals surface area contributed by atoms with Gasteiger partial charge in [-0.05, 0) is 25.0 Å². The number of carboxylic acid groups (broad SMARTS) is 2. The lowest BCUT2D eigenvalue weighted by Crippen LogP contribution is -2.26. The number of hydrogen-bond donors (Lipinski definition) is 3. The van der Waals surface area contributed by atoms with Gasteiger partial charge in [0.15, 0.2) is 0 Å². The highest BCUT2D eigenvalue weighted by Crippen LogP contribution is 2.35. The first-order valence-electron chi connectivity index (χ1n) is 8.82. The average Bonchev–Trinajstić information content (AvgIpc) is 3.16. The van der Waals surface area contributed by atoms with E-state index in [1.54, 1.807) is 6.08 Å². The standard InChI is InChI=1S/C20H16N2O8/c1-2-3-4-5-30-8-13(23)11-6-9(19(26)27)14-15-10(7-12(22-15)20(28)29)17(24)18(25)16(14)21-11/h2,6-7,22H,1,3-5,8H2,(H,26,27)(H,28,29). The van der Waals surface area contributed by atoms with Crippen LogP contribution in [-0.4, -0.2) is 62.7 Å². The first-order chi connectivity index (χ1) is 14.3. The SMILES string of the molecule is C=CCCCOCC(=O)c1cc(C(=O)O)c2c(n1)C(=O)C(=O)c1cc(C(=O)O)[nH]c1-2. The van der Waals surface area contributed by atoms with Gasteiger partial charge in [-0.1, -0.05) is 6.08 Å². The lowest BCUT2D eigenvalue weighted by molar-refractivity contribution is 0.0683. The monoisotopic (exact) mass is 412 g/mol. The number of ether oxygens (including phenoxy) is 1. The van der Waals surface area contributed by atoms with Gasteiger partial charge in [0, 0.05) is 12.2 Å². The first-order valence-corrected chi connectivity index (χ1v) is 8.82. The molecule has 0 bridgehead atoms. The van der Waals surface area contributed by atoms with E-state index in [2.05, 4.69) is 16.5 Å². The van der Waals surface area contributed by atoms with Crippen molar-refractivity contribution in [2.75, 3.05) is 13.2 Å². The fraction of sp³-hybridized carbons (Fsp3) is 0.200. The number of Topliss-reactive ketones (excluding diaryl/α,β-unsaturated/α-hetero) is 3. The molecule has 154 valence electrons. The summed E-state index contributed by atoms with van der Waals surface area (Å²) in [7, 11) is 0. The Bertz CT molecular complexity index is 1110. The summed E-state index contributed by atoms with van der Waals surface area (Å²) >= 11 is 0. The van der Waals surface area contributed by atoms with Gasteiger partial charge in [0.05, 0.1) is 16.8 Å². The van der Waals surface area contributed by atoms with Crippen molar-refractivity contribution in [1.82, 2.24) is 9.97 Å². The van der Waals surface area contributed by atoms with E-state index in [1.165, 1.54) is 0 Å². The fourth-order valence-corrected chi connectivity index (χ4v) is 3.02. The van der Waals surface area contributed by atoms with E-state index in [4.69, 9.17) is 9.84 Å². The van der Waals surface area contributed by atoms with E-state index in [9.17, 15) is 29.1 Å². The van der Waals surface area contributed by atoms with Crippen LogP contribution in [0.4, 0.5) is 0 Å². The Labute approximate surface area is 169 Å². The third kappa shape index (κ3) is 3.67. The Hall–Kier alpha value is -3.92. The molecule has 0 amide bonds. The van der Waals surface area contributed by atoms with Crippen LogP contribution in [0.3, 0.4) is 0 Å². The zero-order valence-corrected chi connectivity index (χ0v) is 15.6. The van der Waals surface area contributed by atoms with Crippen molar-refractivity contribution in [1.29, 1.82) is 0 Å². The van der Waals surface area contributed by atoms with Crippen LogP contribution in [0.1, 0.15) is 65.0 Å². The van der Waals surface area contributed by atoms with Crippen LogP contribution in [0.15, 0.2) is 24.8 Å². The number of pyridine rings is 1. The van der Waals surface area contributed by atoms with E-state index in [1.807, 2.05) is 0 Å². The number of H-pyrrole nitrogens is 1. The van der Waals surface area contributed by atoms with Crippen molar-refractivity contribution in [3.63, 3.8) is 0 Å². The molecule has 0 aliphatic heterocycles. The number of rotatable bonds is 9. The highest BCUT2D eigenvalue weighted by Gasteiger charge is 2.38. The van der Waals surface area contributed by atoms with E-state index in [0.29, 0.717) is 12.8 Å². The molecule has 1 aliphatic rings. The molecule has 0 saturated heterocycles. The Morgan fingerprint density at radius 3 is 2.50 bits per heavy atom. The summed E-state index contributed by atoms with van der Waals surface area (Å²) in [6.45, 7) is 3.45. The van der Waals surface area contributed by atoms with E-state index < -0.39 is 46.2 Å². The van der Waals surface area contributed by atoms with Crippen LogP contribution in [0, 0.1) is 0 Å². The van der Waals surface area contributed by atoms with Gasteiger partial charge >= 0.3 is 11.9 Å². The molecule has 10 nitrogen and oxygen atoms in total. The van der Waals surface area contributed by atoms with E-state index >= 15 is 0 Å². The number of carbonyl (C=O) groups excluding carboxylic acids is 3. The highest BCUT2D eigenvalue weighted by atomic mass is 16.5. The molecule has 0 unspecified atom stereocenters. The minimum Gasteiger partial charge on any atom is -0.478 e. The van der Waals surface area contributed by atoms with Gasteiger partial charge in [0.2, 0.25) is 11.6 Å². The number of nitrogens with zero attached hydrogens (tertiary/aromatic N) is 1. The third-order valence-electron chi connectivity index (χ3n) is 4.43. The molecule has 0 atom stereocenters. The van der Waals surface area contributed by atoms with Crippen LogP contribution >= 0.6 is 0 Å². The maximum absolute atomic E-state index is 12.5. The number of nitrogens with one attached hydrogen (secondary N) is 1. The van der Waals surface area contributed by atoms with E-state index in [-0.39, 0.29) is 35.7 Å². The average molecular weight is 412 g/mol. The van der Waals surface area contributed by atoms with Crippen molar-refractivity contribution in [3.8, 4) is 11.3 Å². The van der Waals surface area contributed by atoms with Crippen LogP contribution in [0.5, 0.6) is 0 Å². The van der Waals surface area contributed by atoms with E-state index in [0.717, 1.165) is 12.1 Å². The first kappa shape index (κ1) is 20.8. The van der Waals surface area contributed by atoms with Crippen molar-refractivity contribution < 1.29 is 38.9 Å². The molecule has 0 spiro atoms. The molecule has 0 aromatic carbocycles. The van der Waals surface area contributed by atoms with Gasteiger partial charge in [-0.2, -0.15) is 0 Å². The van der Waals surface area contributed by atoms with Crippen molar-refractivity contribution in [3.05, 3.63) is 53.0 Å². The van der Waals surface area contributed by atoms with Crippen LogP contribution in [0.25, 0.3) is 11.3 Å². The van der Waals surface area contributed by atoms with Gasteiger partial charge in [-0.25, -0.2) is 14.6 Å². The number of ketones is 3. The number of unbranched alkanes of at least 4 members (excludes halogenated alkanes) is 1. The van der Waals surface area contributed by atoms with Crippen molar-refractivity contribution in [2.45, 2.75) is 12.8 Å². The summed E-state index contributed by atoms with van der Waals surface area (Å²) in [6, 6.07) is 1.94. The summed E-state index contributed by atoms with van der Waals surface area (Å²) in [6.07, 6.45) is 3.04. The highest BCUT2D eigenvalue weighted by molar-refractivity contribution is 6.52. The van der Waals surface area contributed by atoms with Crippen LogP contribution in [0.2, 0.25) is 0 Å². The summed E-state index contributed by atoms with van der Waals surface area (Å²) < 4.78 is 5.22. The van der Waals surface area contributed by atoms with Gasteiger partial charge in [-0.15, -0.1) is 6.58 Å². The molecule has 3 N–H and O–H groups in total. The fourth-order valence-electron chi connectivity index (χ4n) is 3.02. The number of carboxylic acids is 2. The summed E-state index contributed by atoms with van der Waals surface area (Å²) in [4.78, 5) is 66.7. The number of hydrogen-bond acceptors (Lipinski definition) is 7. The summed E-state index contributed by atoms with van der Waals surface area (Å²) in [5.41, 5.74) is -2.37. The largest absolute Gasteiger partial charge is 0.478 e. The maximum atomic E-state index is 12.5. The number of allylic oxidation sites excluding steroid dienone is 1. The van der Waals surface area contributed by atoms with Gasteiger partial charge in [-0.3, -0.25) is 14.4 Å². The molecule has 2 aromatic heterocycles. The predicted octanol–water partition coefficient (Wildman–Crippen LogP) is 2.02. The lowest BCUT2D eigenvalue weighted by Gasteiger charge is -2.17. The molecule has 30 heavy (non-hydrogen) atoms. The zero-order valence-electron chi connectivity index (χ0n) is 15.6. The third-order valence-corrected chi connectivity index (χ3v) is 4.43. The molecule has 0 fully saturated rings. The minimum atomic E-state index is -1.48. The maximum Gasteiger partial charge on any atom is 0.352 e. The minimum absolute atomic E-state index is 0.142. The van der Waals surface area contributed by atoms with Gasteiger partial charge in [0.1, 0.15) is 23.7 Å². The molecule has 0 saturated carbocycles. The second kappa shape index (κ2) is 8.21. The molecular weight excluding hydrogens is 396 g/mol. The summed E-state index contributed by atoms with van der Waals surface area (Å²) in [5, 5.41) is 18.8. The Morgan fingerprint density at radius 2 is 1.87 bits per heavy atom. The number of aromatic carboxylic acids is 2. The Morgan fingerprint density at radius 1 is 1.13 bits per heavy atom. The second-order valence-electron chi connectivity index (χ2n) is 6.43. The molecule has 1 aliphatic carbocycles. The number of fused-ring (bicyclic) bond motifs is 3. The predicted molar refractivity (Wildman–Crippen MR) is 101 cm³/mol. The molecule has 10 heteroatoms. The molecule has 2 heterocycles. The molecular formula is C20H16N2O8. The number of aromatic amines is 1. The normalized spacial score (nSPS) is 12.3. The molecule has 3 rings (SSSR count). The van der Waals surface area contributed by atoms with Gasteiger partial charge < -0.3 is 19.9 Å². The zero-order chi connectivity index (χ0) is 22.0. The van der Waals surface area contributed by atoms with Gasteiger partial charge in [0.25, 0.3) is 5.78 Å². The smallest absolute Gasteiger partial charge is 0.352 e.